The molecule has 2 nitrogen and oxygen atoms in total. The fourth-order valence-electron chi connectivity index (χ4n) is 1.73. The molecule has 0 saturated carbocycles. The molecule has 0 unspecified atom stereocenters. The van der Waals surface area contributed by atoms with Gasteiger partial charge in [-0.25, -0.2) is 0 Å². The van der Waals surface area contributed by atoms with E-state index in [9.17, 15) is 0 Å². The van der Waals surface area contributed by atoms with Crippen molar-refractivity contribution in [1.82, 2.24) is 4.90 Å². The molecule has 1 fully saturated rings. The SMILES string of the molecule is CC(C)OCCN1CCC[C@@H]1C. The minimum atomic E-state index is 0.378. The first-order valence-electron chi connectivity index (χ1n) is 5.06. The molecule has 1 aliphatic rings. The monoisotopic (exact) mass is 171 g/mol. The summed E-state index contributed by atoms with van der Waals surface area (Å²) in [6, 6.07) is 0.778. The lowest BCUT2D eigenvalue weighted by Gasteiger charge is -2.21. The summed E-state index contributed by atoms with van der Waals surface area (Å²) in [4.78, 5) is 2.52. The Morgan fingerprint density at radius 3 is 2.75 bits per heavy atom. The van der Waals surface area contributed by atoms with Crippen LogP contribution in [0.1, 0.15) is 33.6 Å². The van der Waals surface area contributed by atoms with Gasteiger partial charge in [0.1, 0.15) is 0 Å². The fraction of sp³-hybridized carbons (Fsp3) is 1.00. The molecule has 2 heteroatoms. The average molecular weight is 171 g/mol. The van der Waals surface area contributed by atoms with Gasteiger partial charge in [0, 0.05) is 12.6 Å². The van der Waals surface area contributed by atoms with E-state index in [2.05, 4.69) is 25.7 Å². The number of hydrogen-bond acceptors (Lipinski definition) is 2. The molecule has 1 aliphatic heterocycles. The topological polar surface area (TPSA) is 12.5 Å². The first kappa shape index (κ1) is 10.0. The van der Waals surface area contributed by atoms with Gasteiger partial charge < -0.3 is 4.74 Å². The lowest BCUT2D eigenvalue weighted by atomic mass is 10.2. The molecule has 12 heavy (non-hydrogen) atoms. The van der Waals surface area contributed by atoms with Gasteiger partial charge in [0.2, 0.25) is 0 Å². The first-order chi connectivity index (χ1) is 5.70. The van der Waals surface area contributed by atoms with Crippen molar-refractivity contribution in [2.75, 3.05) is 19.7 Å². The second-order valence-electron chi connectivity index (χ2n) is 3.95. The molecule has 1 saturated heterocycles. The van der Waals surface area contributed by atoms with E-state index in [1.165, 1.54) is 19.4 Å². The summed E-state index contributed by atoms with van der Waals surface area (Å²) in [6.45, 7) is 9.76. The van der Waals surface area contributed by atoms with E-state index in [1.54, 1.807) is 0 Å². The molecule has 0 amide bonds. The number of hydrogen-bond donors (Lipinski definition) is 0. The van der Waals surface area contributed by atoms with Gasteiger partial charge >= 0.3 is 0 Å². The maximum Gasteiger partial charge on any atom is 0.0597 e. The Hall–Kier alpha value is -0.0800. The molecule has 1 atom stereocenters. The minimum Gasteiger partial charge on any atom is -0.377 e. The van der Waals surface area contributed by atoms with E-state index in [-0.39, 0.29) is 0 Å². The first-order valence-corrected chi connectivity index (χ1v) is 5.06. The van der Waals surface area contributed by atoms with Gasteiger partial charge in [-0.15, -0.1) is 0 Å². The molecule has 1 rings (SSSR count). The number of nitrogens with zero attached hydrogens (tertiary/aromatic N) is 1. The number of rotatable bonds is 4. The van der Waals surface area contributed by atoms with Crippen LogP contribution in [0.2, 0.25) is 0 Å². The van der Waals surface area contributed by atoms with Crippen molar-refractivity contribution in [1.29, 1.82) is 0 Å². The van der Waals surface area contributed by atoms with E-state index >= 15 is 0 Å². The zero-order valence-electron chi connectivity index (χ0n) is 8.55. The van der Waals surface area contributed by atoms with Gasteiger partial charge in [-0.1, -0.05) is 0 Å². The maximum absolute atomic E-state index is 5.51. The van der Waals surface area contributed by atoms with Gasteiger partial charge in [-0.2, -0.15) is 0 Å². The Kier molecular flexibility index (Phi) is 4.02. The Labute approximate surface area is 75.9 Å². The third-order valence-corrected chi connectivity index (χ3v) is 2.52. The quantitative estimate of drug-likeness (QED) is 0.640. The van der Waals surface area contributed by atoms with Crippen molar-refractivity contribution >= 4 is 0 Å². The zero-order valence-corrected chi connectivity index (χ0v) is 8.55. The highest BCUT2D eigenvalue weighted by molar-refractivity contribution is 4.74. The molecule has 0 aromatic carbocycles. The van der Waals surface area contributed by atoms with Crippen molar-refractivity contribution in [3.8, 4) is 0 Å². The van der Waals surface area contributed by atoms with Gasteiger partial charge in [0.15, 0.2) is 0 Å². The van der Waals surface area contributed by atoms with Crippen LogP contribution in [0.5, 0.6) is 0 Å². The Balaban J connectivity index is 2.06. The molecule has 0 aliphatic carbocycles. The Bertz CT molecular complexity index is 125. The molecule has 0 aromatic rings. The van der Waals surface area contributed by atoms with Gasteiger partial charge in [0.25, 0.3) is 0 Å². The normalized spacial score (nSPS) is 25.5. The van der Waals surface area contributed by atoms with Crippen LogP contribution in [0.3, 0.4) is 0 Å². The number of likely N-dealkylation sites (tertiary alicyclic amines) is 1. The summed E-state index contributed by atoms with van der Waals surface area (Å²) < 4.78 is 5.51. The third-order valence-electron chi connectivity index (χ3n) is 2.52. The van der Waals surface area contributed by atoms with Crippen LogP contribution in [0.4, 0.5) is 0 Å². The van der Waals surface area contributed by atoms with Crippen LogP contribution in [-0.2, 0) is 4.74 Å². The van der Waals surface area contributed by atoms with Crippen LogP contribution >= 0.6 is 0 Å². The lowest BCUT2D eigenvalue weighted by Crippen LogP contribution is -2.30. The van der Waals surface area contributed by atoms with E-state index in [4.69, 9.17) is 4.74 Å². The highest BCUT2D eigenvalue weighted by Crippen LogP contribution is 2.15. The second kappa shape index (κ2) is 4.83. The highest BCUT2D eigenvalue weighted by atomic mass is 16.5. The summed E-state index contributed by atoms with van der Waals surface area (Å²) in [5.74, 6) is 0. The standard InChI is InChI=1S/C10H21NO/c1-9(2)12-8-7-11-6-4-5-10(11)3/h9-10H,4-8H2,1-3H3/t10-/m0/s1. The van der Waals surface area contributed by atoms with Crippen molar-refractivity contribution in [3.05, 3.63) is 0 Å². The Morgan fingerprint density at radius 1 is 1.50 bits per heavy atom. The summed E-state index contributed by atoms with van der Waals surface area (Å²) in [5.41, 5.74) is 0. The van der Waals surface area contributed by atoms with Crippen molar-refractivity contribution in [2.45, 2.75) is 45.8 Å². The fourth-order valence-corrected chi connectivity index (χ4v) is 1.73. The van der Waals surface area contributed by atoms with Gasteiger partial charge in [-0.05, 0) is 40.2 Å². The lowest BCUT2D eigenvalue weighted by molar-refractivity contribution is 0.0578. The summed E-state index contributed by atoms with van der Waals surface area (Å²) in [6.07, 6.45) is 3.10. The molecule has 0 radical (unpaired) electrons. The van der Waals surface area contributed by atoms with Crippen LogP contribution in [0.25, 0.3) is 0 Å². The van der Waals surface area contributed by atoms with Crippen LogP contribution in [0, 0.1) is 0 Å². The smallest absolute Gasteiger partial charge is 0.0597 e. The van der Waals surface area contributed by atoms with E-state index in [0.717, 1.165) is 19.2 Å². The molecule has 0 spiro atoms. The van der Waals surface area contributed by atoms with Gasteiger partial charge in [-0.3, -0.25) is 4.90 Å². The Morgan fingerprint density at radius 2 is 2.25 bits per heavy atom. The van der Waals surface area contributed by atoms with E-state index in [1.807, 2.05) is 0 Å². The van der Waals surface area contributed by atoms with Gasteiger partial charge in [0.05, 0.1) is 12.7 Å². The van der Waals surface area contributed by atoms with E-state index in [0.29, 0.717) is 6.10 Å². The zero-order chi connectivity index (χ0) is 8.97. The predicted molar refractivity (Wildman–Crippen MR) is 51.4 cm³/mol. The van der Waals surface area contributed by atoms with Crippen LogP contribution in [-0.4, -0.2) is 36.7 Å². The predicted octanol–water partition coefficient (Wildman–Crippen LogP) is 1.90. The van der Waals surface area contributed by atoms with Crippen LogP contribution < -0.4 is 0 Å². The second-order valence-corrected chi connectivity index (χ2v) is 3.95. The largest absolute Gasteiger partial charge is 0.377 e. The molecule has 0 bridgehead atoms. The molecule has 72 valence electrons. The minimum absolute atomic E-state index is 0.378. The molecule has 0 aromatic heterocycles. The average Bonchev–Trinajstić information content (AvgIpc) is 2.36. The third kappa shape index (κ3) is 3.11. The van der Waals surface area contributed by atoms with Crippen molar-refractivity contribution < 1.29 is 4.74 Å². The summed E-state index contributed by atoms with van der Waals surface area (Å²) in [7, 11) is 0. The summed E-state index contributed by atoms with van der Waals surface area (Å²) in [5, 5.41) is 0. The number of ether oxygens (including phenoxy) is 1. The van der Waals surface area contributed by atoms with Crippen LogP contribution in [0.15, 0.2) is 0 Å². The summed E-state index contributed by atoms with van der Waals surface area (Å²) >= 11 is 0. The maximum atomic E-state index is 5.51. The molecular formula is C10H21NO. The van der Waals surface area contributed by atoms with E-state index < -0.39 is 0 Å². The molecule has 0 N–H and O–H groups in total. The van der Waals surface area contributed by atoms with Crippen molar-refractivity contribution in [2.24, 2.45) is 0 Å². The molecule has 1 heterocycles. The van der Waals surface area contributed by atoms with Crippen molar-refractivity contribution in [3.63, 3.8) is 0 Å². The molecular weight excluding hydrogens is 150 g/mol. The highest BCUT2D eigenvalue weighted by Gasteiger charge is 2.19.